The topological polar surface area (TPSA) is 30.5 Å². The highest BCUT2D eigenvalue weighted by atomic mass is 16.5. The van der Waals surface area contributed by atoms with E-state index in [0.717, 1.165) is 39.1 Å². The SMILES string of the molecule is COCCNCC/C=C(/C)C(C)CCOC. The van der Waals surface area contributed by atoms with Crippen molar-refractivity contribution in [3.63, 3.8) is 0 Å². The normalized spacial score (nSPS) is 14.1. The number of methoxy groups -OCH3 is 2. The first-order valence-corrected chi connectivity index (χ1v) is 6.07. The molecule has 1 unspecified atom stereocenters. The molecule has 0 bridgehead atoms. The summed E-state index contributed by atoms with van der Waals surface area (Å²) in [6.07, 6.45) is 4.52. The van der Waals surface area contributed by atoms with Gasteiger partial charge >= 0.3 is 0 Å². The standard InChI is InChI=1S/C13H27NO2/c1-12(13(2)7-10-15-3)6-5-8-14-9-11-16-4/h6,13-14H,5,7-11H2,1-4H3/b12-6-. The van der Waals surface area contributed by atoms with Gasteiger partial charge < -0.3 is 14.8 Å². The van der Waals surface area contributed by atoms with Crippen LogP contribution in [0.15, 0.2) is 11.6 Å². The van der Waals surface area contributed by atoms with Gasteiger partial charge in [-0.2, -0.15) is 0 Å². The quantitative estimate of drug-likeness (QED) is 0.460. The van der Waals surface area contributed by atoms with Crippen LogP contribution in [0.1, 0.15) is 26.7 Å². The molecule has 0 aliphatic carbocycles. The number of ether oxygens (including phenoxy) is 2. The van der Waals surface area contributed by atoms with E-state index in [1.807, 2.05) is 0 Å². The van der Waals surface area contributed by atoms with E-state index in [-0.39, 0.29) is 0 Å². The van der Waals surface area contributed by atoms with Crippen molar-refractivity contribution in [3.05, 3.63) is 11.6 Å². The first-order chi connectivity index (χ1) is 7.72. The number of hydrogen-bond donors (Lipinski definition) is 1. The molecule has 0 spiro atoms. The van der Waals surface area contributed by atoms with E-state index in [4.69, 9.17) is 9.47 Å². The lowest BCUT2D eigenvalue weighted by Crippen LogP contribution is -2.19. The molecular formula is C13H27NO2. The summed E-state index contributed by atoms with van der Waals surface area (Å²) in [7, 11) is 3.48. The van der Waals surface area contributed by atoms with Gasteiger partial charge in [-0.3, -0.25) is 0 Å². The van der Waals surface area contributed by atoms with E-state index >= 15 is 0 Å². The summed E-state index contributed by atoms with van der Waals surface area (Å²) in [4.78, 5) is 0. The average Bonchev–Trinajstić information content (AvgIpc) is 2.30. The Labute approximate surface area is 100 Å². The second-order valence-corrected chi connectivity index (χ2v) is 4.16. The Bertz CT molecular complexity index is 181. The monoisotopic (exact) mass is 229 g/mol. The van der Waals surface area contributed by atoms with Crippen LogP contribution in [0.25, 0.3) is 0 Å². The molecule has 0 radical (unpaired) electrons. The molecule has 0 aromatic heterocycles. The fourth-order valence-electron chi connectivity index (χ4n) is 1.42. The fraction of sp³-hybridized carbons (Fsp3) is 0.846. The highest BCUT2D eigenvalue weighted by Crippen LogP contribution is 2.14. The van der Waals surface area contributed by atoms with E-state index in [1.165, 1.54) is 5.57 Å². The smallest absolute Gasteiger partial charge is 0.0587 e. The van der Waals surface area contributed by atoms with Gasteiger partial charge in [-0.25, -0.2) is 0 Å². The zero-order valence-corrected chi connectivity index (χ0v) is 11.2. The van der Waals surface area contributed by atoms with Crippen molar-refractivity contribution in [1.29, 1.82) is 0 Å². The Morgan fingerprint density at radius 3 is 2.50 bits per heavy atom. The summed E-state index contributed by atoms with van der Waals surface area (Å²) < 4.78 is 10.0. The molecule has 0 aromatic carbocycles. The van der Waals surface area contributed by atoms with Crippen LogP contribution in [0.5, 0.6) is 0 Å². The van der Waals surface area contributed by atoms with Crippen LogP contribution in [0.4, 0.5) is 0 Å². The van der Waals surface area contributed by atoms with Crippen molar-refractivity contribution in [3.8, 4) is 0 Å². The summed E-state index contributed by atoms with van der Waals surface area (Å²) in [6, 6.07) is 0. The molecule has 0 saturated heterocycles. The molecule has 1 N–H and O–H groups in total. The molecule has 0 aromatic rings. The second kappa shape index (κ2) is 11.1. The van der Waals surface area contributed by atoms with Gasteiger partial charge in [-0.05, 0) is 32.2 Å². The van der Waals surface area contributed by atoms with Crippen molar-refractivity contribution in [2.24, 2.45) is 5.92 Å². The van der Waals surface area contributed by atoms with Gasteiger partial charge in [-0.1, -0.05) is 18.6 Å². The third-order valence-electron chi connectivity index (χ3n) is 2.80. The molecule has 0 fully saturated rings. The van der Waals surface area contributed by atoms with Crippen molar-refractivity contribution in [1.82, 2.24) is 5.32 Å². The molecule has 0 aliphatic heterocycles. The first kappa shape index (κ1) is 15.6. The zero-order valence-electron chi connectivity index (χ0n) is 11.2. The lowest BCUT2D eigenvalue weighted by molar-refractivity contribution is 0.185. The average molecular weight is 229 g/mol. The Morgan fingerprint density at radius 1 is 1.19 bits per heavy atom. The molecule has 0 amide bonds. The van der Waals surface area contributed by atoms with Crippen LogP contribution in [0.2, 0.25) is 0 Å². The summed E-state index contributed by atoms with van der Waals surface area (Å²) in [6.45, 7) is 8.05. The predicted octanol–water partition coefficient (Wildman–Crippen LogP) is 2.23. The second-order valence-electron chi connectivity index (χ2n) is 4.16. The highest BCUT2D eigenvalue weighted by molar-refractivity contribution is 5.02. The zero-order chi connectivity index (χ0) is 12.2. The summed E-state index contributed by atoms with van der Waals surface area (Å²) >= 11 is 0. The third kappa shape index (κ3) is 8.89. The lowest BCUT2D eigenvalue weighted by Gasteiger charge is -2.11. The van der Waals surface area contributed by atoms with E-state index in [2.05, 4.69) is 25.2 Å². The van der Waals surface area contributed by atoms with Crippen molar-refractivity contribution in [2.75, 3.05) is 40.5 Å². The van der Waals surface area contributed by atoms with Gasteiger partial charge in [0.2, 0.25) is 0 Å². The minimum absolute atomic E-state index is 0.624. The number of hydrogen-bond acceptors (Lipinski definition) is 3. The van der Waals surface area contributed by atoms with Gasteiger partial charge in [0.05, 0.1) is 6.61 Å². The molecule has 0 heterocycles. The number of nitrogens with one attached hydrogen (secondary N) is 1. The van der Waals surface area contributed by atoms with Gasteiger partial charge in [0.25, 0.3) is 0 Å². The summed E-state index contributed by atoms with van der Waals surface area (Å²) in [5.41, 5.74) is 1.46. The largest absolute Gasteiger partial charge is 0.385 e. The van der Waals surface area contributed by atoms with E-state index in [9.17, 15) is 0 Å². The molecule has 16 heavy (non-hydrogen) atoms. The number of rotatable bonds is 10. The van der Waals surface area contributed by atoms with Crippen LogP contribution in [-0.4, -0.2) is 40.5 Å². The molecule has 0 aliphatic rings. The molecule has 1 atom stereocenters. The van der Waals surface area contributed by atoms with Crippen molar-refractivity contribution >= 4 is 0 Å². The maximum atomic E-state index is 5.08. The van der Waals surface area contributed by atoms with Crippen LogP contribution in [-0.2, 0) is 9.47 Å². The molecule has 0 rings (SSSR count). The maximum absolute atomic E-state index is 5.08. The van der Waals surface area contributed by atoms with Crippen molar-refractivity contribution in [2.45, 2.75) is 26.7 Å². The fourth-order valence-corrected chi connectivity index (χ4v) is 1.42. The van der Waals surface area contributed by atoms with Gasteiger partial charge in [0.1, 0.15) is 0 Å². The van der Waals surface area contributed by atoms with E-state index < -0.39 is 0 Å². The molecule has 96 valence electrons. The van der Waals surface area contributed by atoms with Crippen LogP contribution >= 0.6 is 0 Å². The minimum atomic E-state index is 0.624. The van der Waals surface area contributed by atoms with Crippen LogP contribution in [0.3, 0.4) is 0 Å². The van der Waals surface area contributed by atoms with E-state index in [1.54, 1.807) is 14.2 Å². The Kier molecular flexibility index (Phi) is 10.9. The van der Waals surface area contributed by atoms with Gasteiger partial charge in [-0.15, -0.1) is 0 Å². The maximum Gasteiger partial charge on any atom is 0.0587 e. The number of allylic oxidation sites excluding steroid dienone is 1. The Hall–Kier alpha value is -0.380. The Balaban J connectivity index is 3.52. The first-order valence-electron chi connectivity index (χ1n) is 6.07. The third-order valence-corrected chi connectivity index (χ3v) is 2.80. The molecule has 0 saturated carbocycles. The van der Waals surface area contributed by atoms with Gasteiger partial charge in [0.15, 0.2) is 0 Å². The van der Waals surface area contributed by atoms with Gasteiger partial charge in [0, 0.05) is 27.4 Å². The van der Waals surface area contributed by atoms with E-state index in [0.29, 0.717) is 5.92 Å². The van der Waals surface area contributed by atoms with Crippen LogP contribution < -0.4 is 5.32 Å². The molecular weight excluding hydrogens is 202 g/mol. The summed E-state index contributed by atoms with van der Waals surface area (Å²) in [5, 5.41) is 3.33. The van der Waals surface area contributed by atoms with Crippen LogP contribution in [0, 0.1) is 5.92 Å². The Morgan fingerprint density at radius 2 is 1.88 bits per heavy atom. The highest BCUT2D eigenvalue weighted by Gasteiger charge is 2.02. The molecule has 3 nitrogen and oxygen atoms in total. The summed E-state index contributed by atoms with van der Waals surface area (Å²) in [5.74, 6) is 0.624. The molecule has 3 heteroatoms. The minimum Gasteiger partial charge on any atom is -0.385 e. The lowest BCUT2D eigenvalue weighted by atomic mass is 9.98. The van der Waals surface area contributed by atoms with Crippen molar-refractivity contribution < 1.29 is 9.47 Å². The predicted molar refractivity (Wildman–Crippen MR) is 68.8 cm³/mol.